The van der Waals surface area contributed by atoms with Crippen molar-refractivity contribution in [3.63, 3.8) is 0 Å². The Hall–Kier alpha value is -0.870. The fourth-order valence-electron chi connectivity index (χ4n) is 1.35. The number of nitrogens with zero attached hydrogens (tertiary/aromatic N) is 1. The van der Waals surface area contributed by atoms with Crippen molar-refractivity contribution in [1.82, 2.24) is 10.2 Å². The number of rotatable bonds is 5. The summed E-state index contributed by atoms with van der Waals surface area (Å²) in [5.41, 5.74) is 0. The lowest BCUT2D eigenvalue weighted by molar-refractivity contribution is -0.120. The number of nitrogens with one attached hydrogen (secondary N) is 1. The van der Waals surface area contributed by atoms with Crippen molar-refractivity contribution in [2.75, 3.05) is 20.6 Å². The lowest BCUT2D eigenvalue weighted by atomic mass is 10.2. The van der Waals surface area contributed by atoms with Crippen LogP contribution in [0.5, 0.6) is 0 Å². The van der Waals surface area contributed by atoms with E-state index in [-0.39, 0.29) is 11.9 Å². The molecule has 0 aliphatic heterocycles. The number of amides is 1. The van der Waals surface area contributed by atoms with E-state index in [2.05, 4.69) is 21.7 Å². The van der Waals surface area contributed by atoms with Crippen LogP contribution in [0.15, 0.2) is 17.5 Å². The van der Waals surface area contributed by atoms with E-state index in [1.807, 2.05) is 27.1 Å². The van der Waals surface area contributed by atoms with Gasteiger partial charge in [0.25, 0.3) is 0 Å². The van der Waals surface area contributed by atoms with Crippen molar-refractivity contribution in [2.24, 2.45) is 0 Å². The quantitative estimate of drug-likeness (QED) is 0.831. The van der Waals surface area contributed by atoms with Crippen LogP contribution in [0, 0.1) is 0 Å². The zero-order chi connectivity index (χ0) is 11.3. The predicted octanol–water partition coefficient (Wildman–Crippen LogP) is 1.88. The van der Waals surface area contributed by atoms with Crippen molar-refractivity contribution in [3.05, 3.63) is 22.4 Å². The van der Waals surface area contributed by atoms with Crippen LogP contribution in [0.1, 0.15) is 24.3 Å². The second-order valence-electron chi connectivity index (χ2n) is 3.65. The van der Waals surface area contributed by atoms with Gasteiger partial charge in [0.05, 0.1) is 6.04 Å². The standard InChI is InChI=1S/C11H18N2OS/c1-4-11(14)12-8-9(13(2)3)10-6-5-7-15-10/h5-7,9H,4,8H2,1-3H3,(H,12,14). The number of hydrogen-bond acceptors (Lipinski definition) is 3. The number of likely N-dealkylation sites (N-methyl/N-ethyl adjacent to an activating group) is 1. The first-order valence-corrected chi connectivity index (χ1v) is 5.99. The zero-order valence-corrected chi connectivity index (χ0v) is 10.3. The minimum Gasteiger partial charge on any atom is -0.354 e. The lowest BCUT2D eigenvalue weighted by Crippen LogP contribution is -2.33. The zero-order valence-electron chi connectivity index (χ0n) is 9.49. The van der Waals surface area contributed by atoms with E-state index in [9.17, 15) is 4.79 Å². The van der Waals surface area contributed by atoms with Crippen molar-refractivity contribution in [3.8, 4) is 0 Å². The molecule has 0 saturated carbocycles. The highest BCUT2D eigenvalue weighted by molar-refractivity contribution is 7.10. The summed E-state index contributed by atoms with van der Waals surface area (Å²) in [6.07, 6.45) is 0.546. The second kappa shape index (κ2) is 5.88. The third-order valence-corrected chi connectivity index (χ3v) is 3.28. The molecule has 84 valence electrons. The summed E-state index contributed by atoms with van der Waals surface area (Å²) in [5, 5.41) is 4.99. The molecule has 1 amide bonds. The van der Waals surface area contributed by atoms with Crippen LogP contribution in [0.4, 0.5) is 0 Å². The van der Waals surface area contributed by atoms with Crippen LogP contribution in [-0.4, -0.2) is 31.4 Å². The van der Waals surface area contributed by atoms with Gasteiger partial charge in [0.1, 0.15) is 0 Å². The smallest absolute Gasteiger partial charge is 0.219 e. The Morgan fingerprint density at radius 1 is 1.60 bits per heavy atom. The average molecular weight is 226 g/mol. The van der Waals surface area contributed by atoms with Crippen LogP contribution in [-0.2, 0) is 4.79 Å². The molecular formula is C11H18N2OS. The highest BCUT2D eigenvalue weighted by atomic mass is 32.1. The Morgan fingerprint density at radius 2 is 2.33 bits per heavy atom. The maximum Gasteiger partial charge on any atom is 0.219 e. The molecule has 1 aromatic heterocycles. The third-order valence-electron chi connectivity index (χ3n) is 2.31. The topological polar surface area (TPSA) is 32.3 Å². The molecule has 0 aliphatic carbocycles. The van der Waals surface area contributed by atoms with Crippen LogP contribution < -0.4 is 5.32 Å². The molecule has 4 heteroatoms. The number of thiophene rings is 1. The predicted molar refractivity (Wildman–Crippen MR) is 64.0 cm³/mol. The van der Waals surface area contributed by atoms with Crippen molar-refractivity contribution in [2.45, 2.75) is 19.4 Å². The largest absolute Gasteiger partial charge is 0.354 e. The molecule has 1 unspecified atom stereocenters. The van der Waals surface area contributed by atoms with Gasteiger partial charge in [-0.2, -0.15) is 0 Å². The van der Waals surface area contributed by atoms with E-state index in [1.165, 1.54) is 4.88 Å². The first kappa shape index (κ1) is 12.2. The monoisotopic (exact) mass is 226 g/mol. The molecule has 0 fully saturated rings. The summed E-state index contributed by atoms with van der Waals surface area (Å²) in [4.78, 5) is 14.6. The summed E-state index contributed by atoms with van der Waals surface area (Å²) in [6.45, 7) is 2.55. The molecule has 0 spiro atoms. The van der Waals surface area contributed by atoms with Crippen LogP contribution in [0.3, 0.4) is 0 Å². The SMILES string of the molecule is CCC(=O)NCC(c1cccs1)N(C)C. The fourth-order valence-corrected chi connectivity index (χ4v) is 2.28. The van der Waals surface area contributed by atoms with Crippen molar-refractivity contribution in [1.29, 1.82) is 0 Å². The summed E-state index contributed by atoms with van der Waals surface area (Å²) >= 11 is 1.73. The Morgan fingerprint density at radius 3 is 2.80 bits per heavy atom. The number of carbonyl (C=O) groups excluding carboxylic acids is 1. The molecule has 1 heterocycles. The minimum atomic E-state index is 0.110. The van der Waals surface area contributed by atoms with Crippen molar-refractivity contribution >= 4 is 17.2 Å². The van der Waals surface area contributed by atoms with E-state index in [4.69, 9.17) is 0 Å². The van der Waals surface area contributed by atoms with Gasteiger partial charge in [-0.25, -0.2) is 0 Å². The molecule has 3 nitrogen and oxygen atoms in total. The maximum absolute atomic E-state index is 11.2. The van der Waals surface area contributed by atoms with Crippen molar-refractivity contribution < 1.29 is 4.79 Å². The Kier molecular flexibility index (Phi) is 4.78. The molecule has 15 heavy (non-hydrogen) atoms. The molecule has 0 bridgehead atoms. The first-order valence-electron chi connectivity index (χ1n) is 5.11. The first-order chi connectivity index (χ1) is 7.15. The Labute approximate surface area is 95.1 Å². The summed E-state index contributed by atoms with van der Waals surface area (Å²) in [6, 6.07) is 4.42. The maximum atomic E-state index is 11.2. The molecule has 1 aromatic rings. The third kappa shape index (κ3) is 3.64. The van der Waals surface area contributed by atoms with E-state index < -0.39 is 0 Å². The molecule has 0 saturated heterocycles. The lowest BCUT2D eigenvalue weighted by Gasteiger charge is -2.23. The Bertz CT molecular complexity index is 296. The molecule has 1 atom stereocenters. The van der Waals surface area contributed by atoms with Gasteiger partial charge in [0, 0.05) is 17.8 Å². The van der Waals surface area contributed by atoms with E-state index in [1.54, 1.807) is 11.3 Å². The van der Waals surface area contributed by atoms with Crippen LogP contribution in [0.2, 0.25) is 0 Å². The molecular weight excluding hydrogens is 208 g/mol. The van der Waals surface area contributed by atoms with Gasteiger partial charge in [0.2, 0.25) is 5.91 Å². The molecule has 1 rings (SSSR count). The highest BCUT2D eigenvalue weighted by Crippen LogP contribution is 2.22. The van der Waals surface area contributed by atoms with Gasteiger partial charge < -0.3 is 10.2 Å². The van der Waals surface area contributed by atoms with E-state index >= 15 is 0 Å². The molecule has 0 aliphatic rings. The van der Waals surface area contributed by atoms with Crippen LogP contribution in [0.25, 0.3) is 0 Å². The fraction of sp³-hybridized carbons (Fsp3) is 0.545. The van der Waals surface area contributed by atoms with Gasteiger partial charge in [-0.1, -0.05) is 13.0 Å². The Balaban J connectivity index is 2.56. The van der Waals surface area contributed by atoms with Crippen LogP contribution >= 0.6 is 11.3 Å². The summed E-state index contributed by atoms with van der Waals surface area (Å²) in [5.74, 6) is 0.110. The second-order valence-corrected chi connectivity index (χ2v) is 4.63. The highest BCUT2D eigenvalue weighted by Gasteiger charge is 2.15. The molecule has 0 aromatic carbocycles. The average Bonchev–Trinajstić information content (AvgIpc) is 2.70. The van der Waals surface area contributed by atoms with E-state index in [0.717, 1.165) is 0 Å². The summed E-state index contributed by atoms with van der Waals surface area (Å²) < 4.78 is 0. The molecule has 1 N–H and O–H groups in total. The molecule has 0 radical (unpaired) electrons. The van der Waals surface area contributed by atoms with Gasteiger partial charge in [-0.3, -0.25) is 4.79 Å². The number of hydrogen-bond donors (Lipinski definition) is 1. The normalized spacial score (nSPS) is 12.8. The number of carbonyl (C=O) groups is 1. The van der Waals surface area contributed by atoms with Gasteiger partial charge in [0.15, 0.2) is 0 Å². The van der Waals surface area contributed by atoms with E-state index in [0.29, 0.717) is 13.0 Å². The van der Waals surface area contributed by atoms with Gasteiger partial charge in [-0.15, -0.1) is 11.3 Å². The summed E-state index contributed by atoms with van der Waals surface area (Å²) in [7, 11) is 4.06. The minimum absolute atomic E-state index is 0.110. The van der Waals surface area contributed by atoms with Gasteiger partial charge >= 0.3 is 0 Å². The van der Waals surface area contributed by atoms with Gasteiger partial charge in [-0.05, 0) is 25.5 Å².